The lowest BCUT2D eigenvalue weighted by atomic mass is 10.2. The molecule has 0 aromatic rings. The third kappa shape index (κ3) is 3.93. The highest BCUT2D eigenvalue weighted by atomic mass is 15.3. The van der Waals surface area contributed by atoms with Crippen LogP contribution in [0, 0.1) is 0 Å². The lowest BCUT2D eigenvalue weighted by molar-refractivity contribution is 0.187. The summed E-state index contributed by atoms with van der Waals surface area (Å²) in [6.45, 7) is 13.1. The third-order valence-corrected chi connectivity index (χ3v) is 5.13. The average molecular weight is 267 g/mol. The van der Waals surface area contributed by atoms with Crippen LogP contribution < -0.4 is 5.32 Å². The second kappa shape index (κ2) is 7.61. The second-order valence-corrected chi connectivity index (χ2v) is 6.28. The smallest absolute Gasteiger partial charge is 0.0235 e. The van der Waals surface area contributed by atoms with Crippen LogP contribution in [0.4, 0.5) is 0 Å². The first kappa shape index (κ1) is 15.3. The molecule has 0 spiro atoms. The van der Waals surface area contributed by atoms with Gasteiger partial charge in [0.15, 0.2) is 0 Å². The van der Waals surface area contributed by atoms with Gasteiger partial charge in [0.2, 0.25) is 0 Å². The van der Waals surface area contributed by atoms with Crippen LogP contribution >= 0.6 is 0 Å². The van der Waals surface area contributed by atoms with Crippen molar-refractivity contribution in [2.24, 2.45) is 0 Å². The van der Waals surface area contributed by atoms with Crippen molar-refractivity contribution in [3.8, 4) is 0 Å². The van der Waals surface area contributed by atoms with Crippen LogP contribution in [0.1, 0.15) is 52.9 Å². The predicted molar refractivity (Wildman–Crippen MR) is 82.6 cm³/mol. The molecule has 1 saturated carbocycles. The summed E-state index contributed by atoms with van der Waals surface area (Å²) in [6, 6.07) is 2.46. The van der Waals surface area contributed by atoms with Gasteiger partial charge in [-0.05, 0) is 51.7 Å². The van der Waals surface area contributed by atoms with E-state index in [1.54, 1.807) is 0 Å². The maximum Gasteiger partial charge on any atom is 0.0235 e. The van der Waals surface area contributed by atoms with Gasteiger partial charge in [0.25, 0.3) is 0 Å². The molecule has 0 aromatic heterocycles. The van der Waals surface area contributed by atoms with Gasteiger partial charge in [-0.1, -0.05) is 20.8 Å². The first-order chi connectivity index (χ1) is 9.28. The molecule has 0 aromatic carbocycles. The highest BCUT2D eigenvalue weighted by molar-refractivity contribution is 4.92. The molecule has 1 aliphatic carbocycles. The fourth-order valence-electron chi connectivity index (χ4n) is 3.96. The Bertz CT molecular complexity index is 252. The first-order valence-electron chi connectivity index (χ1n) is 8.49. The number of hydrogen-bond acceptors (Lipinski definition) is 3. The summed E-state index contributed by atoms with van der Waals surface area (Å²) in [5.41, 5.74) is 0. The molecular formula is C16H33N3. The van der Waals surface area contributed by atoms with E-state index in [9.17, 15) is 0 Å². The molecule has 2 aliphatic rings. The quantitative estimate of drug-likeness (QED) is 0.764. The summed E-state index contributed by atoms with van der Waals surface area (Å²) < 4.78 is 0. The normalized spacial score (nSPS) is 32.5. The molecule has 1 aliphatic heterocycles. The minimum absolute atomic E-state index is 0.789. The maximum absolute atomic E-state index is 3.70. The van der Waals surface area contributed by atoms with Crippen LogP contribution in [-0.2, 0) is 0 Å². The van der Waals surface area contributed by atoms with Crippen molar-refractivity contribution < 1.29 is 0 Å². The zero-order valence-electron chi connectivity index (χ0n) is 13.2. The summed E-state index contributed by atoms with van der Waals surface area (Å²) in [4.78, 5) is 5.42. The highest BCUT2D eigenvalue weighted by Gasteiger charge is 2.34. The molecule has 112 valence electrons. The van der Waals surface area contributed by atoms with E-state index in [1.165, 1.54) is 64.8 Å². The van der Waals surface area contributed by atoms with Gasteiger partial charge in [-0.2, -0.15) is 0 Å². The van der Waals surface area contributed by atoms with E-state index >= 15 is 0 Å². The molecule has 3 atom stereocenters. The first-order valence-corrected chi connectivity index (χ1v) is 8.49. The van der Waals surface area contributed by atoms with Crippen molar-refractivity contribution in [3.05, 3.63) is 0 Å². The van der Waals surface area contributed by atoms with Crippen molar-refractivity contribution in [2.75, 3.05) is 32.7 Å². The van der Waals surface area contributed by atoms with Gasteiger partial charge in [0.1, 0.15) is 0 Å². The van der Waals surface area contributed by atoms with Gasteiger partial charge < -0.3 is 5.32 Å². The van der Waals surface area contributed by atoms with Crippen molar-refractivity contribution in [3.63, 3.8) is 0 Å². The lowest BCUT2D eigenvalue weighted by Crippen LogP contribution is -2.40. The molecule has 2 fully saturated rings. The average Bonchev–Trinajstić information content (AvgIpc) is 3.06. The van der Waals surface area contributed by atoms with Gasteiger partial charge in [-0.15, -0.1) is 0 Å². The van der Waals surface area contributed by atoms with Crippen LogP contribution in [0.3, 0.4) is 0 Å². The van der Waals surface area contributed by atoms with E-state index in [0.717, 1.165) is 18.1 Å². The Hall–Kier alpha value is -0.120. The van der Waals surface area contributed by atoms with Crippen molar-refractivity contribution in [2.45, 2.75) is 71.0 Å². The monoisotopic (exact) mass is 267 g/mol. The number of likely N-dealkylation sites (tertiary alicyclic amines) is 1. The Kier molecular flexibility index (Phi) is 6.11. The topological polar surface area (TPSA) is 18.5 Å². The predicted octanol–water partition coefficient (Wildman–Crippen LogP) is 2.32. The number of rotatable bonds is 7. The van der Waals surface area contributed by atoms with Gasteiger partial charge in [0, 0.05) is 31.2 Å². The summed E-state index contributed by atoms with van der Waals surface area (Å²) in [5, 5.41) is 3.70. The largest absolute Gasteiger partial charge is 0.314 e. The van der Waals surface area contributed by atoms with Crippen LogP contribution in [0.25, 0.3) is 0 Å². The third-order valence-electron chi connectivity index (χ3n) is 5.13. The van der Waals surface area contributed by atoms with Gasteiger partial charge in [0.05, 0.1) is 0 Å². The molecule has 2 rings (SSSR count). The maximum atomic E-state index is 3.70. The van der Waals surface area contributed by atoms with Crippen LogP contribution in [0.15, 0.2) is 0 Å². The molecule has 1 N–H and O–H groups in total. The number of nitrogens with one attached hydrogen (secondary N) is 1. The Morgan fingerprint density at radius 3 is 2.58 bits per heavy atom. The molecule has 0 amide bonds. The fourth-order valence-corrected chi connectivity index (χ4v) is 3.96. The van der Waals surface area contributed by atoms with Crippen molar-refractivity contribution in [1.82, 2.24) is 15.1 Å². The molecule has 3 heteroatoms. The van der Waals surface area contributed by atoms with E-state index in [-0.39, 0.29) is 0 Å². The van der Waals surface area contributed by atoms with E-state index in [2.05, 4.69) is 35.9 Å². The summed E-state index contributed by atoms with van der Waals surface area (Å²) >= 11 is 0. The molecule has 19 heavy (non-hydrogen) atoms. The number of nitrogens with zero attached hydrogens (tertiary/aromatic N) is 2. The number of likely N-dealkylation sites (N-methyl/N-ethyl adjacent to an activating group) is 1. The molecule has 1 saturated heterocycles. The fraction of sp³-hybridized carbons (Fsp3) is 1.00. The molecular weight excluding hydrogens is 234 g/mol. The Morgan fingerprint density at radius 2 is 1.89 bits per heavy atom. The van der Waals surface area contributed by atoms with Crippen molar-refractivity contribution >= 4 is 0 Å². The Balaban J connectivity index is 1.75. The molecule has 1 heterocycles. The minimum atomic E-state index is 0.789. The van der Waals surface area contributed by atoms with Crippen molar-refractivity contribution in [1.29, 1.82) is 0 Å². The lowest BCUT2D eigenvalue weighted by Gasteiger charge is -2.28. The van der Waals surface area contributed by atoms with E-state index in [0.29, 0.717) is 0 Å². The molecule has 0 radical (unpaired) electrons. The second-order valence-electron chi connectivity index (χ2n) is 6.28. The summed E-state index contributed by atoms with van der Waals surface area (Å²) in [5.74, 6) is 0. The SMILES string of the molecule is CCCNC1CCC(N2CCC(N(CC)CC)C2)C1. The molecule has 3 unspecified atom stereocenters. The van der Waals surface area contributed by atoms with Gasteiger partial charge in [-0.25, -0.2) is 0 Å². The van der Waals surface area contributed by atoms with Gasteiger partial charge >= 0.3 is 0 Å². The highest BCUT2D eigenvalue weighted by Crippen LogP contribution is 2.28. The Labute approximate surface area is 119 Å². The van der Waals surface area contributed by atoms with E-state index in [4.69, 9.17) is 0 Å². The van der Waals surface area contributed by atoms with E-state index in [1.807, 2.05) is 0 Å². The minimum Gasteiger partial charge on any atom is -0.314 e. The Morgan fingerprint density at radius 1 is 1.11 bits per heavy atom. The van der Waals surface area contributed by atoms with E-state index < -0.39 is 0 Å². The standard InChI is InChI=1S/C16H33N3/c1-4-10-17-14-7-8-15(12-14)19-11-9-16(13-19)18(5-2)6-3/h14-17H,4-13H2,1-3H3. The molecule has 3 nitrogen and oxygen atoms in total. The van der Waals surface area contributed by atoms with Crippen LogP contribution in [0.2, 0.25) is 0 Å². The van der Waals surface area contributed by atoms with Crippen LogP contribution in [-0.4, -0.2) is 60.6 Å². The summed E-state index contributed by atoms with van der Waals surface area (Å²) in [7, 11) is 0. The number of hydrogen-bond donors (Lipinski definition) is 1. The molecule has 0 bridgehead atoms. The van der Waals surface area contributed by atoms with Gasteiger partial charge in [-0.3, -0.25) is 9.80 Å². The van der Waals surface area contributed by atoms with Crippen LogP contribution in [0.5, 0.6) is 0 Å². The zero-order valence-corrected chi connectivity index (χ0v) is 13.2. The zero-order chi connectivity index (χ0) is 13.7. The summed E-state index contributed by atoms with van der Waals surface area (Å²) in [6.07, 6.45) is 6.81.